The van der Waals surface area contributed by atoms with Crippen molar-refractivity contribution in [1.82, 2.24) is 0 Å². The molecule has 34 heavy (non-hydrogen) atoms. The molecule has 1 N–H and O–H groups in total. The molecule has 0 saturated heterocycles. The minimum Gasteiger partial charge on any atom is -0.481 e. The van der Waals surface area contributed by atoms with Crippen molar-refractivity contribution in [2.75, 3.05) is 12.4 Å². The number of sulfone groups is 1. The average Bonchev–Trinajstić information content (AvgIpc) is 2.88. The molecule has 170 valence electrons. The number of nitrogens with zero attached hydrogens (tertiary/aromatic N) is 1. The number of carbonyl (C=O) groups is 1. The van der Waals surface area contributed by atoms with Gasteiger partial charge in [-0.25, -0.2) is 13.4 Å². The zero-order chi connectivity index (χ0) is 24.0. The fourth-order valence-corrected chi connectivity index (χ4v) is 4.66. The number of carbonyl (C=O) groups excluding carboxylic acids is 1. The lowest BCUT2D eigenvalue weighted by molar-refractivity contribution is 0.102. The standard InChI is InChI=1S/C27H22N2O4S/c1-33-27(21-12-6-3-7-13-21)29-23-15-9-17-25(19-23)34(31,32)24-16-8-14-22(18-24)28-26(30)20-10-4-2-5-11-20/h2-19H,1H3,(H,28,30). The van der Waals surface area contributed by atoms with Crippen LogP contribution in [-0.4, -0.2) is 27.3 Å². The highest BCUT2D eigenvalue weighted by atomic mass is 32.2. The third kappa shape index (κ3) is 5.22. The fourth-order valence-electron chi connectivity index (χ4n) is 3.32. The molecule has 0 aromatic heterocycles. The van der Waals surface area contributed by atoms with Crippen molar-refractivity contribution in [2.45, 2.75) is 9.79 Å². The van der Waals surface area contributed by atoms with E-state index in [0.29, 0.717) is 22.8 Å². The van der Waals surface area contributed by atoms with Crippen LogP contribution in [-0.2, 0) is 14.6 Å². The lowest BCUT2D eigenvalue weighted by Gasteiger charge is -2.10. The molecule has 0 aliphatic heterocycles. The van der Waals surface area contributed by atoms with Gasteiger partial charge in [0.1, 0.15) is 0 Å². The first-order valence-corrected chi connectivity index (χ1v) is 12.0. The Hall–Kier alpha value is -4.23. The SMILES string of the molecule is COC(=Nc1cccc(S(=O)(=O)c2cccc(NC(=O)c3ccccc3)c2)c1)c1ccccc1. The Balaban J connectivity index is 1.62. The molecule has 4 aromatic carbocycles. The highest BCUT2D eigenvalue weighted by Crippen LogP contribution is 2.27. The largest absolute Gasteiger partial charge is 0.481 e. The number of methoxy groups -OCH3 is 1. The van der Waals surface area contributed by atoms with Gasteiger partial charge in [0, 0.05) is 16.8 Å². The van der Waals surface area contributed by atoms with Gasteiger partial charge in [-0.1, -0.05) is 48.5 Å². The highest BCUT2D eigenvalue weighted by molar-refractivity contribution is 7.91. The third-order valence-corrected chi connectivity index (χ3v) is 6.76. The van der Waals surface area contributed by atoms with E-state index >= 15 is 0 Å². The smallest absolute Gasteiger partial charge is 0.255 e. The van der Waals surface area contributed by atoms with E-state index in [-0.39, 0.29) is 15.7 Å². The van der Waals surface area contributed by atoms with E-state index in [2.05, 4.69) is 10.3 Å². The van der Waals surface area contributed by atoms with Crippen LogP contribution in [0, 0.1) is 0 Å². The van der Waals surface area contributed by atoms with Gasteiger partial charge in [0.15, 0.2) is 0 Å². The van der Waals surface area contributed by atoms with Gasteiger partial charge in [0.2, 0.25) is 15.7 Å². The number of ether oxygens (including phenoxy) is 1. The summed E-state index contributed by atoms with van der Waals surface area (Å²) in [7, 11) is -2.34. The molecule has 6 nitrogen and oxygen atoms in total. The fraction of sp³-hybridized carbons (Fsp3) is 0.0370. The molecule has 1 amide bonds. The van der Waals surface area contributed by atoms with Gasteiger partial charge < -0.3 is 10.1 Å². The number of amides is 1. The summed E-state index contributed by atoms with van der Waals surface area (Å²) in [6.07, 6.45) is 0. The Kier molecular flexibility index (Phi) is 6.85. The number of nitrogens with one attached hydrogen (secondary N) is 1. The molecular formula is C27H22N2O4S. The summed E-state index contributed by atoms with van der Waals surface area (Å²) >= 11 is 0. The first-order chi connectivity index (χ1) is 16.5. The number of anilines is 1. The van der Waals surface area contributed by atoms with Crippen LogP contribution in [0.4, 0.5) is 11.4 Å². The van der Waals surface area contributed by atoms with Crippen LogP contribution in [0.2, 0.25) is 0 Å². The van der Waals surface area contributed by atoms with E-state index in [9.17, 15) is 13.2 Å². The second-order valence-electron chi connectivity index (χ2n) is 7.34. The first kappa shape index (κ1) is 22.9. The maximum atomic E-state index is 13.3. The predicted octanol–water partition coefficient (Wildman–Crippen LogP) is 5.50. The van der Waals surface area contributed by atoms with E-state index in [1.807, 2.05) is 36.4 Å². The predicted molar refractivity (Wildman–Crippen MR) is 132 cm³/mol. The number of hydrogen-bond donors (Lipinski definition) is 1. The van der Waals surface area contributed by atoms with Gasteiger partial charge in [-0.2, -0.15) is 0 Å². The van der Waals surface area contributed by atoms with Gasteiger partial charge in [-0.3, -0.25) is 4.79 Å². The summed E-state index contributed by atoms with van der Waals surface area (Å²) in [5, 5.41) is 2.74. The molecule has 0 heterocycles. The van der Waals surface area contributed by atoms with Gasteiger partial charge in [-0.05, 0) is 60.7 Å². The molecule has 4 rings (SSSR count). The van der Waals surface area contributed by atoms with Gasteiger partial charge >= 0.3 is 0 Å². The maximum Gasteiger partial charge on any atom is 0.255 e. The van der Waals surface area contributed by atoms with E-state index in [1.54, 1.807) is 48.5 Å². The van der Waals surface area contributed by atoms with Crippen LogP contribution in [0.3, 0.4) is 0 Å². The lowest BCUT2D eigenvalue weighted by Crippen LogP contribution is -2.12. The van der Waals surface area contributed by atoms with Crippen LogP contribution in [0.1, 0.15) is 15.9 Å². The number of rotatable bonds is 6. The summed E-state index contributed by atoms with van der Waals surface area (Å²) in [5.41, 5.74) is 2.08. The molecule has 0 bridgehead atoms. The molecule has 0 radical (unpaired) electrons. The van der Waals surface area contributed by atoms with Crippen molar-refractivity contribution in [3.8, 4) is 0 Å². The Morgan fingerprint density at radius 2 is 1.32 bits per heavy atom. The molecule has 0 spiro atoms. The van der Waals surface area contributed by atoms with Crippen molar-refractivity contribution >= 4 is 33.0 Å². The van der Waals surface area contributed by atoms with Crippen molar-refractivity contribution in [2.24, 2.45) is 4.99 Å². The Labute approximate surface area is 198 Å². The summed E-state index contributed by atoms with van der Waals surface area (Å²) in [6.45, 7) is 0. The molecular weight excluding hydrogens is 448 g/mol. The van der Waals surface area contributed by atoms with Crippen molar-refractivity contribution in [1.29, 1.82) is 0 Å². The van der Waals surface area contributed by atoms with Gasteiger partial charge in [0.05, 0.1) is 22.6 Å². The quantitative estimate of drug-likeness (QED) is 0.298. The summed E-state index contributed by atoms with van der Waals surface area (Å²) in [6, 6.07) is 30.6. The van der Waals surface area contributed by atoms with Crippen LogP contribution in [0.15, 0.2) is 124 Å². The topological polar surface area (TPSA) is 84.8 Å². The summed E-state index contributed by atoms with van der Waals surface area (Å²) in [4.78, 5) is 17.1. The number of aliphatic imine (C=N–C) groups is 1. The zero-order valence-corrected chi connectivity index (χ0v) is 19.2. The summed E-state index contributed by atoms with van der Waals surface area (Å²) in [5.74, 6) is 0.0558. The normalized spacial score (nSPS) is 11.6. The summed E-state index contributed by atoms with van der Waals surface area (Å²) < 4.78 is 32.1. The van der Waals surface area contributed by atoms with Gasteiger partial charge in [-0.15, -0.1) is 0 Å². The number of benzene rings is 4. The molecule has 0 atom stereocenters. The highest BCUT2D eigenvalue weighted by Gasteiger charge is 2.19. The second-order valence-corrected chi connectivity index (χ2v) is 9.29. The minimum atomic E-state index is -3.85. The Morgan fingerprint density at radius 1 is 0.735 bits per heavy atom. The van der Waals surface area contributed by atoms with Crippen LogP contribution in [0.25, 0.3) is 0 Å². The molecule has 7 heteroatoms. The zero-order valence-electron chi connectivity index (χ0n) is 18.4. The average molecular weight is 471 g/mol. The third-order valence-electron chi connectivity index (χ3n) is 5.01. The van der Waals surface area contributed by atoms with Crippen LogP contribution < -0.4 is 5.32 Å². The van der Waals surface area contributed by atoms with Crippen molar-refractivity contribution < 1.29 is 17.9 Å². The molecule has 0 aliphatic rings. The minimum absolute atomic E-state index is 0.0644. The van der Waals surface area contributed by atoms with Gasteiger partial charge in [0.25, 0.3) is 5.91 Å². The molecule has 0 unspecified atom stereocenters. The molecule has 0 fully saturated rings. The van der Waals surface area contributed by atoms with E-state index in [0.717, 1.165) is 5.56 Å². The van der Waals surface area contributed by atoms with Crippen LogP contribution >= 0.6 is 0 Å². The number of hydrogen-bond acceptors (Lipinski definition) is 5. The van der Waals surface area contributed by atoms with Crippen LogP contribution in [0.5, 0.6) is 0 Å². The molecule has 0 saturated carbocycles. The second kappa shape index (κ2) is 10.1. The van der Waals surface area contributed by atoms with Crippen molar-refractivity contribution in [3.05, 3.63) is 120 Å². The Morgan fingerprint density at radius 3 is 1.97 bits per heavy atom. The van der Waals surface area contributed by atoms with E-state index < -0.39 is 9.84 Å². The molecule has 0 aliphatic carbocycles. The van der Waals surface area contributed by atoms with Crippen molar-refractivity contribution in [3.63, 3.8) is 0 Å². The lowest BCUT2D eigenvalue weighted by atomic mass is 10.2. The Bertz CT molecular complexity index is 1430. The van der Waals surface area contributed by atoms with E-state index in [1.165, 1.54) is 31.4 Å². The first-order valence-electron chi connectivity index (χ1n) is 10.5. The molecule has 4 aromatic rings. The van der Waals surface area contributed by atoms with E-state index in [4.69, 9.17) is 4.74 Å². The monoisotopic (exact) mass is 470 g/mol. The maximum absolute atomic E-state index is 13.3.